The first-order valence-corrected chi connectivity index (χ1v) is 3.76. The number of carboxylic acids is 1. The number of carbonyl (C=O) groups is 1. The van der Waals surface area contributed by atoms with Crippen LogP contribution in [-0.2, 0) is 4.79 Å². The van der Waals surface area contributed by atoms with Crippen LogP contribution in [0.3, 0.4) is 0 Å². The van der Waals surface area contributed by atoms with Crippen LogP contribution in [-0.4, -0.2) is 28.9 Å². The van der Waals surface area contributed by atoms with Crippen LogP contribution >= 0.6 is 11.8 Å². The van der Waals surface area contributed by atoms with Crippen LogP contribution in [0.1, 0.15) is 6.92 Å². The first-order chi connectivity index (χ1) is 4.22. The van der Waals surface area contributed by atoms with Crippen LogP contribution in [0.4, 0.5) is 0 Å². The molecule has 0 fully saturated rings. The highest BCUT2D eigenvalue weighted by Crippen LogP contribution is 1.97. The molecule has 0 rings (SSSR count). The van der Waals surface area contributed by atoms with Crippen molar-refractivity contribution in [3.8, 4) is 0 Å². The van der Waals surface area contributed by atoms with E-state index >= 15 is 0 Å². The van der Waals surface area contributed by atoms with Gasteiger partial charge in [0, 0.05) is 6.54 Å². The fourth-order valence-corrected chi connectivity index (χ4v) is 0.796. The van der Waals surface area contributed by atoms with Crippen LogP contribution in [0.25, 0.3) is 0 Å². The second kappa shape index (κ2) is 4.38. The Morgan fingerprint density at radius 2 is 2.33 bits per heavy atom. The first-order valence-electron chi connectivity index (χ1n) is 2.54. The van der Waals surface area contributed by atoms with Gasteiger partial charge in [0.1, 0.15) is 0 Å². The third-order valence-corrected chi connectivity index (χ3v) is 1.37. The summed E-state index contributed by atoms with van der Waals surface area (Å²) < 4.78 is 0. The van der Waals surface area contributed by atoms with Crippen molar-refractivity contribution in [2.45, 2.75) is 6.92 Å². The van der Waals surface area contributed by atoms with Gasteiger partial charge in [-0.3, -0.25) is 4.99 Å². The number of nitrogens with zero attached hydrogens (tertiary/aromatic N) is 1. The van der Waals surface area contributed by atoms with Gasteiger partial charge in [0.25, 0.3) is 0 Å². The van der Waals surface area contributed by atoms with Gasteiger partial charge in [-0.1, -0.05) is 0 Å². The van der Waals surface area contributed by atoms with Gasteiger partial charge < -0.3 is 5.11 Å². The van der Waals surface area contributed by atoms with Crippen LogP contribution in [0, 0.1) is 0 Å². The van der Waals surface area contributed by atoms with E-state index in [1.165, 1.54) is 0 Å². The van der Waals surface area contributed by atoms with Gasteiger partial charge in [0.05, 0.1) is 0 Å². The van der Waals surface area contributed by atoms with E-state index < -0.39 is 5.97 Å². The van der Waals surface area contributed by atoms with E-state index in [0.717, 1.165) is 11.8 Å². The fourth-order valence-electron chi connectivity index (χ4n) is 0.363. The Bertz CT molecular complexity index is 133. The molecule has 0 heterocycles. The molecule has 0 aliphatic rings. The molecule has 0 atom stereocenters. The SMILES string of the molecule is CC/N=C(\SC)C(=O)O. The molecule has 3 nitrogen and oxygen atoms in total. The smallest absolute Gasteiger partial charge is 0.360 e. The monoisotopic (exact) mass is 147 g/mol. The number of carboxylic acid groups (broad SMARTS) is 1. The Labute approximate surface area is 58.2 Å². The summed E-state index contributed by atoms with van der Waals surface area (Å²) in [7, 11) is 0. The standard InChI is InChI=1S/C5H9NO2S/c1-3-6-4(9-2)5(7)8/h3H2,1-2H3,(H,7,8)/b6-4-. The molecular weight excluding hydrogens is 138 g/mol. The number of hydrogen-bond donors (Lipinski definition) is 1. The number of hydrogen-bond acceptors (Lipinski definition) is 3. The highest BCUT2D eigenvalue weighted by molar-refractivity contribution is 8.15. The molecule has 0 aliphatic carbocycles. The normalized spacial score (nSPS) is 11.6. The van der Waals surface area contributed by atoms with Crippen molar-refractivity contribution in [1.29, 1.82) is 0 Å². The topological polar surface area (TPSA) is 49.7 Å². The summed E-state index contributed by atoms with van der Waals surface area (Å²) >= 11 is 1.15. The summed E-state index contributed by atoms with van der Waals surface area (Å²) in [5.74, 6) is -0.940. The van der Waals surface area contributed by atoms with E-state index in [4.69, 9.17) is 5.11 Å². The molecule has 0 aromatic heterocycles. The van der Waals surface area contributed by atoms with E-state index in [-0.39, 0.29) is 5.04 Å². The van der Waals surface area contributed by atoms with Gasteiger partial charge in [-0.25, -0.2) is 4.79 Å². The zero-order valence-electron chi connectivity index (χ0n) is 5.42. The lowest BCUT2D eigenvalue weighted by molar-refractivity contribution is -0.129. The number of aliphatic carboxylic acids is 1. The molecule has 0 aliphatic heterocycles. The molecule has 52 valence electrons. The van der Waals surface area contributed by atoms with Crippen molar-refractivity contribution in [2.24, 2.45) is 4.99 Å². The molecule has 0 spiro atoms. The van der Waals surface area contributed by atoms with Crippen molar-refractivity contribution in [3.05, 3.63) is 0 Å². The summed E-state index contributed by atoms with van der Waals surface area (Å²) in [4.78, 5) is 13.9. The Kier molecular flexibility index (Phi) is 4.13. The number of rotatable bonds is 1. The molecule has 9 heavy (non-hydrogen) atoms. The molecule has 0 aromatic carbocycles. The minimum Gasteiger partial charge on any atom is -0.476 e. The molecule has 4 heteroatoms. The van der Waals surface area contributed by atoms with Gasteiger partial charge in [-0.05, 0) is 13.2 Å². The molecule has 0 bridgehead atoms. The third-order valence-electron chi connectivity index (χ3n) is 0.678. The zero-order valence-corrected chi connectivity index (χ0v) is 6.23. The lowest BCUT2D eigenvalue weighted by Crippen LogP contribution is -2.08. The van der Waals surface area contributed by atoms with Gasteiger partial charge in [-0.2, -0.15) is 0 Å². The summed E-state index contributed by atoms with van der Waals surface area (Å²) in [6.07, 6.45) is 1.70. The summed E-state index contributed by atoms with van der Waals surface area (Å²) in [6.45, 7) is 2.33. The number of aliphatic imine (C=N–C) groups is 1. The second-order valence-corrected chi connectivity index (χ2v) is 2.08. The lowest BCUT2D eigenvalue weighted by atomic mass is 10.7. The maximum atomic E-state index is 10.2. The van der Waals surface area contributed by atoms with Crippen LogP contribution < -0.4 is 0 Å². The highest BCUT2D eigenvalue weighted by atomic mass is 32.2. The van der Waals surface area contributed by atoms with Gasteiger partial charge in [0.15, 0.2) is 5.04 Å². The largest absolute Gasteiger partial charge is 0.476 e. The molecule has 0 unspecified atom stereocenters. The molecule has 0 radical (unpaired) electrons. The van der Waals surface area contributed by atoms with Crippen molar-refractivity contribution in [1.82, 2.24) is 0 Å². The average Bonchev–Trinajstić information content (AvgIpc) is 1.82. The number of thioether (sulfide) groups is 1. The molecule has 0 amide bonds. The summed E-state index contributed by atoms with van der Waals surface area (Å²) in [5.41, 5.74) is 0. The molecule has 0 saturated heterocycles. The Morgan fingerprint density at radius 1 is 1.78 bits per heavy atom. The van der Waals surface area contributed by atoms with E-state index in [2.05, 4.69) is 4.99 Å². The summed E-state index contributed by atoms with van der Waals surface area (Å²) in [5, 5.41) is 8.53. The van der Waals surface area contributed by atoms with Crippen molar-refractivity contribution < 1.29 is 9.90 Å². The van der Waals surface area contributed by atoms with Crippen molar-refractivity contribution in [3.63, 3.8) is 0 Å². The quantitative estimate of drug-likeness (QED) is 0.442. The van der Waals surface area contributed by atoms with Gasteiger partial charge >= 0.3 is 5.97 Å². The minimum atomic E-state index is -0.940. The molecule has 0 saturated carbocycles. The molecular formula is C5H9NO2S. The predicted molar refractivity (Wildman–Crippen MR) is 39.1 cm³/mol. The van der Waals surface area contributed by atoms with Crippen LogP contribution in [0.2, 0.25) is 0 Å². The highest BCUT2D eigenvalue weighted by Gasteiger charge is 2.04. The van der Waals surface area contributed by atoms with Crippen LogP contribution in [0.5, 0.6) is 0 Å². The van der Waals surface area contributed by atoms with Crippen molar-refractivity contribution in [2.75, 3.05) is 12.8 Å². The maximum Gasteiger partial charge on any atom is 0.360 e. The summed E-state index contributed by atoms with van der Waals surface area (Å²) in [6, 6.07) is 0. The molecule has 1 N–H and O–H groups in total. The Balaban J connectivity index is 3.98. The third kappa shape index (κ3) is 3.13. The first kappa shape index (κ1) is 8.49. The zero-order chi connectivity index (χ0) is 7.28. The van der Waals surface area contributed by atoms with Gasteiger partial charge in [-0.15, -0.1) is 11.8 Å². The van der Waals surface area contributed by atoms with E-state index in [0.29, 0.717) is 6.54 Å². The van der Waals surface area contributed by atoms with E-state index in [1.54, 1.807) is 13.2 Å². The maximum absolute atomic E-state index is 10.2. The minimum absolute atomic E-state index is 0.178. The molecule has 0 aromatic rings. The second-order valence-electron chi connectivity index (χ2n) is 1.29. The van der Waals surface area contributed by atoms with Gasteiger partial charge in [0.2, 0.25) is 0 Å². The van der Waals surface area contributed by atoms with Crippen molar-refractivity contribution >= 4 is 22.8 Å². The van der Waals surface area contributed by atoms with E-state index in [1.807, 2.05) is 0 Å². The van der Waals surface area contributed by atoms with Crippen LogP contribution in [0.15, 0.2) is 4.99 Å². The average molecular weight is 147 g/mol. The fraction of sp³-hybridized carbons (Fsp3) is 0.600. The Hall–Kier alpha value is -0.510. The van der Waals surface area contributed by atoms with E-state index in [9.17, 15) is 4.79 Å². The predicted octanol–water partition coefficient (Wildman–Crippen LogP) is 0.852. The lowest BCUT2D eigenvalue weighted by Gasteiger charge is -1.91. The Morgan fingerprint density at radius 3 is 2.44 bits per heavy atom.